The first-order valence-electron chi connectivity index (χ1n) is 9.83. The zero-order chi connectivity index (χ0) is 21.7. The molecule has 0 saturated carbocycles. The van der Waals surface area contributed by atoms with Crippen LogP contribution in [0.3, 0.4) is 0 Å². The highest BCUT2D eigenvalue weighted by Crippen LogP contribution is 2.31. The standard InChI is InChI=1S/C22H26N6O2/c1-6-9-22(4,23)19-14-10-18(24-12-16(14)28(5)27-19)26-17-8-7-13-15(25-17)11-21(2,3)30-20(13)29/h6-8,10,12H,1,9,11,23H2,2-5H3,(H,24,25,26). The van der Waals surface area contributed by atoms with Gasteiger partial charge in [0.15, 0.2) is 0 Å². The van der Waals surface area contributed by atoms with Gasteiger partial charge < -0.3 is 15.8 Å². The van der Waals surface area contributed by atoms with Crippen molar-refractivity contribution in [3.05, 3.63) is 54.0 Å². The molecule has 4 rings (SSSR count). The van der Waals surface area contributed by atoms with Gasteiger partial charge in [-0.05, 0) is 45.4 Å². The normalized spacial score (nSPS) is 17.2. The predicted octanol–water partition coefficient (Wildman–Crippen LogP) is 3.35. The number of hydrogen-bond acceptors (Lipinski definition) is 7. The van der Waals surface area contributed by atoms with Crippen molar-refractivity contribution in [1.82, 2.24) is 19.7 Å². The third kappa shape index (κ3) is 3.54. The number of anilines is 2. The minimum atomic E-state index is -0.643. The second-order valence-corrected chi connectivity index (χ2v) is 8.61. The first-order valence-corrected chi connectivity index (χ1v) is 9.83. The Labute approximate surface area is 175 Å². The first kappa shape index (κ1) is 20.0. The van der Waals surface area contributed by atoms with Crippen LogP contribution < -0.4 is 11.1 Å². The van der Waals surface area contributed by atoms with Crippen LogP contribution in [-0.2, 0) is 23.7 Å². The van der Waals surface area contributed by atoms with E-state index in [1.54, 1.807) is 29.1 Å². The summed E-state index contributed by atoms with van der Waals surface area (Å²) in [5.41, 5.74) is 8.17. The van der Waals surface area contributed by atoms with E-state index in [9.17, 15) is 4.79 Å². The summed E-state index contributed by atoms with van der Waals surface area (Å²) in [6.45, 7) is 9.50. The van der Waals surface area contributed by atoms with E-state index in [0.29, 0.717) is 35.7 Å². The fraction of sp³-hybridized carbons (Fsp3) is 0.364. The van der Waals surface area contributed by atoms with Crippen LogP contribution in [0.25, 0.3) is 10.9 Å². The lowest BCUT2D eigenvalue weighted by molar-refractivity contribution is -0.00714. The molecule has 3 N–H and O–H groups in total. The second kappa shape index (κ2) is 6.91. The Kier molecular flexibility index (Phi) is 4.62. The van der Waals surface area contributed by atoms with Crippen molar-refractivity contribution in [2.75, 3.05) is 5.32 Å². The lowest BCUT2D eigenvalue weighted by Gasteiger charge is -2.30. The number of hydrogen-bond donors (Lipinski definition) is 2. The largest absolute Gasteiger partial charge is 0.456 e. The molecule has 1 unspecified atom stereocenters. The van der Waals surface area contributed by atoms with Crippen LogP contribution in [0.4, 0.5) is 11.6 Å². The fourth-order valence-electron chi connectivity index (χ4n) is 3.81. The number of nitrogens with two attached hydrogens (primary N) is 1. The maximum atomic E-state index is 12.2. The molecule has 0 spiro atoms. The van der Waals surface area contributed by atoms with Crippen molar-refractivity contribution in [3.63, 3.8) is 0 Å². The van der Waals surface area contributed by atoms with E-state index in [1.165, 1.54) is 0 Å². The van der Waals surface area contributed by atoms with Gasteiger partial charge in [0.1, 0.15) is 17.2 Å². The van der Waals surface area contributed by atoms with E-state index in [4.69, 9.17) is 10.5 Å². The highest BCUT2D eigenvalue weighted by molar-refractivity contribution is 5.92. The Hall–Kier alpha value is -3.26. The van der Waals surface area contributed by atoms with Crippen molar-refractivity contribution in [2.24, 2.45) is 12.8 Å². The van der Waals surface area contributed by atoms with Gasteiger partial charge in [-0.3, -0.25) is 4.68 Å². The summed E-state index contributed by atoms with van der Waals surface area (Å²) in [6.07, 6.45) is 4.71. The highest BCUT2D eigenvalue weighted by Gasteiger charge is 2.33. The van der Waals surface area contributed by atoms with Gasteiger partial charge in [-0.1, -0.05) is 6.08 Å². The number of cyclic esters (lactones) is 1. The SMILES string of the molecule is C=CCC(C)(N)c1nn(C)c2cnc(Nc3ccc4c(n3)CC(C)(C)OC4=O)cc12. The molecule has 1 aliphatic rings. The number of aromatic nitrogens is 4. The van der Waals surface area contributed by atoms with Gasteiger partial charge in [0.2, 0.25) is 0 Å². The summed E-state index contributed by atoms with van der Waals surface area (Å²) >= 11 is 0. The Morgan fingerprint density at radius 3 is 2.90 bits per heavy atom. The monoisotopic (exact) mass is 406 g/mol. The summed E-state index contributed by atoms with van der Waals surface area (Å²) in [7, 11) is 1.87. The van der Waals surface area contributed by atoms with E-state index < -0.39 is 11.1 Å². The van der Waals surface area contributed by atoms with Gasteiger partial charge in [0.05, 0.1) is 34.2 Å². The number of esters is 1. The zero-order valence-corrected chi connectivity index (χ0v) is 17.7. The average Bonchev–Trinajstić information content (AvgIpc) is 2.97. The molecule has 0 amide bonds. The number of ether oxygens (including phenoxy) is 1. The van der Waals surface area contributed by atoms with E-state index in [-0.39, 0.29) is 5.97 Å². The number of carbonyl (C=O) groups is 1. The van der Waals surface area contributed by atoms with Gasteiger partial charge in [-0.25, -0.2) is 14.8 Å². The predicted molar refractivity (Wildman–Crippen MR) is 116 cm³/mol. The molecule has 4 heterocycles. The molecular formula is C22H26N6O2. The molecule has 8 nitrogen and oxygen atoms in total. The molecule has 0 aliphatic carbocycles. The van der Waals surface area contributed by atoms with Crippen LogP contribution in [0.2, 0.25) is 0 Å². The van der Waals surface area contributed by atoms with Gasteiger partial charge in [0.25, 0.3) is 0 Å². The molecule has 0 fully saturated rings. The maximum Gasteiger partial charge on any atom is 0.340 e. The van der Waals surface area contributed by atoms with Crippen molar-refractivity contribution >= 4 is 28.5 Å². The molecule has 0 aromatic carbocycles. The Balaban J connectivity index is 1.70. The smallest absolute Gasteiger partial charge is 0.340 e. The number of carbonyl (C=O) groups excluding carboxylic acids is 1. The highest BCUT2D eigenvalue weighted by atomic mass is 16.6. The molecule has 3 aromatic heterocycles. The van der Waals surface area contributed by atoms with Crippen molar-refractivity contribution < 1.29 is 9.53 Å². The quantitative estimate of drug-likeness (QED) is 0.494. The van der Waals surface area contributed by atoms with Crippen LogP contribution in [0, 0.1) is 0 Å². The number of rotatable bonds is 5. The fourth-order valence-corrected chi connectivity index (χ4v) is 3.81. The second-order valence-electron chi connectivity index (χ2n) is 8.61. The van der Waals surface area contributed by atoms with Gasteiger partial charge >= 0.3 is 5.97 Å². The summed E-state index contributed by atoms with van der Waals surface area (Å²) in [4.78, 5) is 21.3. The van der Waals surface area contributed by atoms with Crippen LogP contribution in [-0.4, -0.2) is 31.3 Å². The molecule has 1 atom stereocenters. The summed E-state index contributed by atoms with van der Waals surface area (Å²) in [5, 5.41) is 8.78. The molecule has 30 heavy (non-hydrogen) atoms. The van der Waals surface area contributed by atoms with Crippen LogP contribution in [0.15, 0.2) is 37.1 Å². The summed E-state index contributed by atoms with van der Waals surface area (Å²) in [5.74, 6) is 0.888. The number of aryl methyl sites for hydroxylation is 1. The van der Waals surface area contributed by atoms with E-state index in [2.05, 4.69) is 27.0 Å². The topological polar surface area (TPSA) is 108 Å². The molecule has 3 aromatic rings. The lowest BCUT2D eigenvalue weighted by atomic mass is 9.93. The van der Waals surface area contributed by atoms with Crippen LogP contribution in [0.5, 0.6) is 0 Å². The van der Waals surface area contributed by atoms with Crippen LogP contribution in [0.1, 0.15) is 48.9 Å². The molecule has 0 radical (unpaired) electrons. The Bertz CT molecular complexity index is 1160. The molecule has 0 bridgehead atoms. The number of nitrogens with one attached hydrogen (secondary N) is 1. The minimum absolute atomic E-state index is 0.343. The van der Waals surface area contributed by atoms with E-state index in [1.807, 2.05) is 33.9 Å². The number of fused-ring (bicyclic) bond motifs is 2. The molecule has 8 heteroatoms. The zero-order valence-electron chi connectivity index (χ0n) is 17.7. The third-order valence-corrected chi connectivity index (χ3v) is 5.26. The Morgan fingerprint density at radius 1 is 1.40 bits per heavy atom. The first-order chi connectivity index (χ1) is 14.1. The molecule has 156 valence electrons. The average molecular weight is 406 g/mol. The van der Waals surface area contributed by atoms with Crippen LogP contribution >= 0.6 is 0 Å². The van der Waals surface area contributed by atoms with E-state index >= 15 is 0 Å². The molecule has 1 aliphatic heterocycles. The summed E-state index contributed by atoms with van der Waals surface area (Å²) < 4.78 is 7.21. The van der Waals surface area contributed by atoms with Crippen molar-refractivity contribution in [2.45, 2.75) is 44.8 Å². The lowest BCUT2D eigenvalue weighted by Crippen LogP contribution is -2.36. The molecular weight excluding hydrogens is 380 g/mol. The van der Waals surface area contributed by atoms with Gasteiger partial charge in [-0.2, -0.15) is 5.10 Å². The summed E-state index contributed by atoms with van der Waals surface area (Å²) in [6, 6.07) is 5.40. The Morgan fingerprint density at radius 2 is 2.17 bits per heavy atom. The minimum Gasteiger partial charge on any atom is -0.456 e. The van der Waals surface area contributed by atoms with Crippen molar-refractivity contribution in [1.29, 1.82) is 0 Å². The third-order valence-electron chi connectivity index (χ3n) is 5.26. The maximum absolute atomic E-state index is 12.2. The van der Waals surface area contributed by atoms with E-state index in [0.717, 1.165) is 16.6 Å². The number of pyridine rings is 2. The number of nitrogens with zero attached hydrogens (tertiary/aromatic N) is 4. The van der Waals surface area contributed by atoms with Gasteiger partial charge in [0, 0.05) is 18.9 Å². The molecule has 0 saturated heterocycles. The van der Waals surface area contributed by atoms with Crippen molar-refractivity contribution in [3.8, 4) is 0 Å². The van der Waals surface area contributed by atoms with Gasteiger partial charge in [-0.15, -0.1) is 6.58 Å².